The molecule has 1 N–H and O–H groups in total. The van der Waals surface area contributed by atoms with Gasteiger partial charge in [-0.1, -0.05) is 24.3 Å². The summed E-state index contributed by atoms with van der Waals surface area (Å²) in [6, 6.07) is 13.7. The Labute approximate surface area is 141 Å². The number of nitrogens with one attached hydrogen (secondary N) is 1. The minimum absolute atomic E-state index is 0.198. The predicted molar refractivity (Wildman–Crippen MR) is 90.1 cm³/mol. The van der Waals surface area contributed by atoms with Crippen molar-refractivity contribution < 1.29 is 13.9 Å². The third-order valence-electron chi connectivity index (χ3n) is 4.16. The molecule has 5 heteroatoms. The summed E-state index contributed by atoms with van der Waals surface area (Å²) < 4.78 is 18.3. The molecular formula is C19H21FN2O2. The summed E-state index contributed by atoms with van der Waals surface area (Å²) in [5, 5.41) is 2.91. The molecule has 1 saturated heterocycles. The van der Waals surface area contributed by atoms with Crippen molar-refractivity contribution in [1.82, 2.24) is 10.2 Å². The topological polar surface area (TPSA) is 41.6 Å². The van der Waals surface area contributed by atoms with E-state index in [1.54, 1.807) is 0 Å². The first kappa shape index (κ1) is 16.6. The van der Waals surface area contributed by atoms with E-state index in [1.807, 2.05) is 18.2 Å². The number of hydrogen-bond acceptors (Lipinski definition) is 3. The molecule has 0 radical (unpaired) electrons. The van der Waals surface area contributed by atoms with Crippen molar-refractivity contribution >= 4 is 5.91 Å². The molecule has 24 heavy (non-hydrogen) atoms. The maximum absolute atomic E-state index is 12.9. The summed E-state index contributed by atoms with van der Waals surface area (Å²) >= 11 is 0. The van der Waals surface area contributed by atoms with Gasteiger partial charge < -0.3 is 10.1 Å². The Morgan fingerprint density at radius 1 is 1.04 bits per heavy atom. The van der Waals surface area contributed by atoms with Crippen LogP contribution in [0.3, 0.4) is 0 Å². The predicted octanol–water partition coefficient (Wildman–Crippen LogP) is 2.59. The molecule has 0 saturated carbocycles. The van der Waals surface area contributed by atoms with Crippen LogP contribution in [0.25, 0.3) is 0 Å². The number of ether oxygens (including phenoxy) is 1. The Balaban J connectivity index is 1.62. The van der Waals surface area contributed by atoms with Gasteiger partial charge in [-0.2, -0.15) is 0 Å². The number of halogens is 1. The largest absolute Gasteiger partial charge is 0.379 e. The number of amides is 1. The summed E-state index contributed by atoms with van der Waals surface area (Å²) in [5.41, 5.74) is 2.76. The van der Waals surface area contributed by atoms with Gasteiger partial charge in [0, 0.05) is 31.7 Å². The third kappa shape index (κ3) is 4.40. The molecule has 126 valence electrons. The summed E-state index contributed by atoms with van der Waals surface area (Å²) in [5.74, 6) is -0.543. The van der Waals surface area contributed by atoms with Gasteiger partial charge in [0.05, 0.1) is 13.2 Å². The highest BCUT2D eigenvalue weighted by molar-refractivity contribution is 5.94. The molecule has 0 unspecified atom stereocenters. The Bertz CT molecular complexity index is 682. The molecule has 2 aromatic rings. The lowest BCUT2D eigenvalue weighted by Crippen LogP contribution is -2.36. The Morgan fingerprint density at radius 3 is 2.42 bits per heavy atom. The summed E-state index contributed by atoms with van der Waals surface area (Å²) in [6.07, 6.45) is 0. The van der Waals surface area contributed by atoms with Crippen molar-refractivity contribution in [3.63, 3.8) is 0 Å². The van der Waals surface area contributed by atoms with Gasteiger partial charge in [-0.3, -0.25) is 9.69 Å². The van der Waals surface area contributed by atoms with Gasteiger partial charge in [-0.15, -0.1) is 0 Å². The number of rotatable bonds is 5. The monoisotopic (exact) mass is 328 g/mol. The molecule has 0 atom stereocenters. The minimum Gasteiger partial charge on any atom is -0.379 e. The van der Waals surface area contributed by atoms with Crippen molar-refractivity contribution in [3.8, 4) is 0 Å². The lowest BCUT2D eigenvalue weighted by molar-refractivity contribution is 0.0340. The summed E-state index contributed by atoms with van der Waals surface area (Å²) in [6.45, 7) is 4.70. The number of carbonyl (C=O) groups excluding carboxylic acids is 1. The molecule has 4 nitrogen and oxygen atoms in total. The quantitative estimate of drug-likeness (QED) is 0.917. The van der Waals surface area contributed by atoms with Gasteiger partial charge in [-0.05, 0) is 35.4 Å². The summed E-state index contributed by atoms with van der Waals surface area (Å²) in [4.78, 5) is 14.5. The molecule has 1 heterocycles. The molecule has 1 fully saturated rings. The maximum atomic E-state index is 12.9. The number of carbonyl (C=O) groups is 1. The average Bonchev–Trinajstić information content (AvgIpc) is 2.62. The van der Waals surface area contributed by atoms with Gasteiger partial charge >= 0.3 is 0 Å². The fourth-order valence-corrected chi connectivity index (χ4v) is 2.76. The second kappa shape index (κ2) is 8.04. The molecule has 0 aliphatic carbocycles. The Kier molecular flexibility index (Phi) is 5.56. The molecule has 1 aliphatic rings. The van der Waals surface area contributed by atoms with E-state index >= 15 is 0 Å². The van der Waals surface area contributed by atoms with Gasteiger partial charge in [0.25, 0.3) is 5.91 Å². The number of nitrogens with zero attached hydrogens (tertiary/aromatic N) is 1. The van der Waals surface area contributed by atoms with Gasteiger partial charge in [0.15, 0.2) is 0 Å². The van der Waals surface area contributed by atoms with E-state index in [2.05, 4.69) is 16.3 Å². The van der Waals surface area contributed by atoms with Crippen LogP contribution in [0.15, 0.2) is 48.5 Å². The van der Waals surface area contributed by atoms with E-state index in [0.717, 1.165) is 38.4 Å². The normalized spacial score (nSPS) is 15.2. The number of hydrogen-bond donors (Lipinski definition) is 1. The molecular weight excluding hydrogens is 307 g/mol. The van der Waals surface area contributed by atoms with Crippen molar-refractivity contribution in [3.05, 3.63) is 71.0 Å². The standard InChI is InChI=1S/C19H21FN2O2/c20-18-7-5-15(6-8-18)19(23)21-13-16-3-1-2-4-17(16)14-22-9-11-24-12-10-22/h1-8H,9-14H2,(H,21,23). The molecule has 0 spiro atoms. The molecule has 3 rings (SSSR count). The van der Waals surface area contributed by atoms with Crippen LogP contribution in [0.2, 0.25) is 0 Å². The van der Waals surface area contributed by atoms with E-state index in [9.17, 15) is 9.18 Å². The highest BCUT2D eigenvalue weighted by atomic mass is 19.1. The smallest absolute Gasteiger partial charge is 0.251 e. The number of benzene rings is 2. The molecule has 1 aliphatic heterocycles. The lowest BCUT2D eigenvalue weighted by atomic mass is 10.1. The zero-order valence-corrected chi connectivity index (χ0v) is 13.5. The van der Waals surface area contributed by atoms with E-state index in [0.29, 0.717) is 12.1 Å². The first-order valence-corrected chi connectivity index (χ1v) is 8.13. The van der Waals surface area contributed by atoms with Crippen molar-refractivity contribution in [2.45, 2.75) is 13.1 Å². The summed E-state index contributed by atoms with van der Waals surface area (Å²) in [7, 11) is 0. The highest BCUT2D eigenvalue weighted by Crippen LogP contribution is 2.13. The molecule has 1 amide bonds. The van der Waals surface area contributed by atoms with E-state index in [-0.39, 0.29) is 11.7 Å². The lowest BCUT2D eigenvalue weighted by Gasteiger charge is -2.27. The van der Waals surface area contributed by atoms with E-state index < -0.39 is 0 Å². The Morgan fingerprint density at radius 2 is 1.71 bits per heavy atom. The van der Waals surface area contributed by atoms with Crippen LogP contribution >= 0.6 is 0 Å². The number of morpholine rings is 1. The van der Waals surface area contributed by atoms with Crippen molar-refractivity contribution in [2.75, 3.05) is 26.3 Å². The zero-order chi connectivity index (χ0) is 16.8. The maximum Gasteiger partial charge on any atom is 0.251 e. The fourth-order valence-electron chi connectivity index (χ4n) is 2.76. The molecule has 0 aromatic heterocycles. The second-order valence-electron chi connectivity index (χ2n) is 5.85. The van der Waals surface area contributed by atoms with E-state index in [1.165, 1.54) is 29.8 Å². The average molecular weight is 328 g/mol. The first-order valence-electron chi connectivity index (χ1n) is 8.13. The first-order chi connectivity index (χ1) is 11.7. The fraction of sp³-hybridized carbons (Fsp3) is 0.316. The van der Waals surface area contributed by atoms with Crippen LogP contribution in [-0.4, -0.2) is 37.1 Å². The van der Waals surface area contributed by atoms with Crippen LogP contribution in [0.4, 0.5) is 4.39 Å². The third-order valence-corrected chi connectivity index (χ3v) is 4.16. The Hall–Kier alpha value is -2.24. The van der Waals surface area contributed by atoms with Crippen LogP contribution < -0.4 is 5.32 Å². The van der Waals surface area contributed by atoms with E-state index in [4.69, 9.17) is 4.74 Å². The van der Waals surface area contributed by atoms with Gasteiger partial charge in [0.1, 0.15) is 5.82 Å². The van der Waals surface area contributed by atoms with Gasteiger partial charge in [-0.25, -0.2) is 4.39 Å². The SMILES string of the molecule is O=C(NCc1ccccc1CN1CCOCC1)c1ccc(F)cc1. The zero-order valence-electron chi connectivity index (χ0n) is 13.5. The van der Waals surface area contributed by atoms with Crippen molar-refractivity contribution in [2.24, 2.45) is 0 Å². The van der Waals surface area contributed by atoms with Crippen molar-refractivity contribution in [1.29, 1.82) is 0 Å². The van der Waals surface area contributed by atoms with Crippen LogP contribution in [-0.2, 0) is 17.8 Å². The highest BCUT2D eigenvalue weighted by Gasteiger charge is 2.13. The van der Waals surface area contributed by atoms with Crippen LogP contribution in [0.5, 0.6) is 0 Å². The molecule has 0 bridgehead atoms. The van der Waals surface area contributed by atoms with Crippen LogP contribution in [0.1, 0.15) is 21.5 Å². The second-order valence-corrected chi connectivity index (χ2v) is 5.85. The van der Waals surface area contributed by atoms with Crippen LogP contribution in [0, 0.1) is 5.82 Å². The van der Waals surface area contributed by atoms with Gasteiger partial charge in [0.2, 0.25) is 0 Å². The minimum atomic E-state index is -0.345. The molecule has 2 aromatic carbocycles.